The maximum absolute atomic E-state index is 12.2. The third-order valence-electron chi connectivity index (χ3n) is 2.38. The molecule has 0 aliphatic carbocycles. The predicted molar refractivity (Wildman–Crippen MR) is 70.3 cm³/mol. The Morgan fingerprint density at radius 1 is 1.45 bits per heavy atom. The molecular weight excluding hydrogens is 284 g/mol. The molecule has 1 heterocycles. The van der Waals surface area contributed by atoms with Gasteiger partial charge in [0.1, 0.15) is 10.6 Å². The quantitative estimate of drug-likeness (QED) is 0.746. The van der Waals surface area contributed by atoms with Gasteiger partial charge in [-0.25, -0.2) is 13.1 Å². The monoisotopic (exact) mass is 298 g/mol. The highest BCUT2D eigenvalue weighted by atomic mass is 32.2. The van der Waals surface area contributed by atoms with Crippen molar-refractivity contribution in [2.45, 2.75) is 18.4 Å². The summed E-state index contributed by atoms with van der Waals surface area (Å²) in [6.45, 7) is 2.02. The Kier molecular flexibility index (Phi) is 4.20. The number of hydrogen-bond acceptors (Lipinski definition) is 7. The van der Waals surface area contributed by atoms with Crippen molar-refractivity contribution < 1.29 is 17.7 Å². The molecule has 3 N–H and O–H groups in total. The number of rotatable bonds is 6. The van der Waals surface area contributed by atoms with E-state index < -0.39 is 10.0 Å². The average molecular weight is 298 g/mol. The molecule has 0 unspecified atom stereocenters. The van der Waals surface area contributed by atoms with Crippen LogP contribution in [0.4, 0.5) is 5.69 Å². The van der Waals surface area contributed by atoms with E-state index in [9.17, 15) is 8.42 Å². The third kappa shape index (κ3) is 3.25. The molecule has 2 aromatic rings. The molecule has 108 valence electrons. The van der Waals surface area contributed by atoms with Gasteiger partial charge in [0.25, 0.3) is 0 Å². The van der Waals surface area contributed by atoms with Crippen LogP contribution in [0.3, 0.4) is 0 Å². The van der Waals surface area contributed by atoms with E-state index in [1.54, 1.807) is 13.0 Å². The number of benzene rings is 1. The van der Waals surface area contributed by atoms with Crippen LogP contribution in [0.15, 0.2) is 34.0 Å². The summed E-state index contributed by atoms with van der Waals surface area (Å²) in [7, 11) is -3.79. The molecule has 1 aromatic carbocycles. The number of nitrogen functional groups attached to an aromatic ring is 1. The zero-order chi connectivity index (χ0) is 14.6. The van der Waals surface area contributed by atoms with Crippen molar-refractivity contribution >= 4 is 15.7 Å². The van der Waals surface area contributed by atoms with Crippen LogP contribution in [0.1, 0.15) is 12.7 Å². The molecule has 0 saturated carbocycles. The Hall–Kier alpha value is -2.13. The lowest BCUT2D eigenvalue weighted by atomic mass is 10.3. The standard InChI is InChI=1S/C11H14N4O4S/c1-2-18-9-4-3-8(12)5-10(9)20(16,17)14-6-11-13-7-19-15-11/h3-5,7,14H,2,6,12H2,1H3. The molecule has 0 spiro atoms. The summed E-state index contributed by atoms with van der Waals surface area (Å²) in [5.41, 5.74) is 5.95. The van der Waals surface area contributed by atoms with Crippen molar-refractivity contribution in [1.82, 2.24) is 14.9 Å². The first-order valence-electron chi connectivity index (χ1n) is 5.80. The van der Waals surface area contributed by atoms with Gasteiger partial charge in [0.2, 0.25) is 16.4 Å². The second-order valence-electron chi connectivity index (χ2n) is 3.81. The van der Waals surface area contributed by atoms with Crippen LogP contribution < -0.4 is 15.2 Å². The van der Waals surface area contributed by atoms with Gasteiger partial charge in [0, 0.05) is 5.69 Å². The first kappa shape index (κ1) is 14.3. The smallest absolute Gasteiger partial charge is 0.244 e. The summed E-state index contributed by atoms with van der Waals surface area (Å²) in [6, 6.07) is 4.43. The molecule has 0 aliphatic rings. The first-order valence-corrected chi connectivity index (χ1v) is 7.28. The molecule has 2 rings (SSSR count). The minimum Gasteiger partial charge on any atom is -0.492 e. The lowest BCUT2D eigenvalue weighted by molar-refractivity contribution is 0.331. The molecule has 0 amide bonds. The Morgan fingerprint density at radius 2 is 2.25 bits per heavy atom. The Bertz CT molecular complexity index is 670. The molecular formula is C11H14N4O4S. The van der Waals surface area contributed by atoms with Gasteiger partial charge in [0.15, 0.2) is 5.82 Å². The number of hydrogen-bond donors (Lipinski definition) is 2. The number of nitrogens with two attached hydrogens (primary N) is 1. The highest BCUT2D eigenvalue weighted by Crippen LogP contribution is 2.26. The van der Waals surface area contributed by atoms with Crippen molar-refractivity contribution in [3.8, 4) is 5.75 Å². The highest BCUT2D eigenvalue weighted by Gasteiger charge is 2.20. The van der Waals surface area contributed by atoms with Gasteiger partial charge in [-0.15, -0.1) is 0 Å². The largest absolute Gasteiger partial charge is 0.492 e. The lowest BCUT2D eigenvalue weighted by Crippen LogP contribution is -2.24. The molecule has 0 atom stereocenters. The van der Waals surface area contributed by atoms with Crippen LogP contribution in [-0.4, -0.2) is 25.2 Å². The van der Waals surface area contributed by atoms with E-state index in [0.717, 1.165) is 6.39 Å². The first-order chi connectivity index (χ1) is 9.53. The van der Waals surface area contributed by atoms with Crippen LogP contribution in [0, 0.1) is 0 Å². The number of anilines is 1. The maximum atomic E-state index is 12.2. The predicted octanol–water partition coefficient (Wildman–Crippen LogP) is 0.529. The van der Waals surface area contributed by atoms with E-state index in [1.807, 2.05) is 0 Å². The summed E-state index contributed by atoms with van der Waals surface area (Å²) >= 11 is 0. The second kappa shape index (κ2) is 5.88. The van der Waals surface area contributed by atoms with Crippen LogP contribution in [0.5, 0.6) is 5.75 Å². The fraction of sp³-hybridized carbons (Fsp3) is 0.273. The van der Waals surface area contributed by atoms with E-state index in [0.29, 0.717) is 12.3 Å². The van der Waals surface area contributed by atoms with E-state index in [4.69, 9.17) is 10.5 Å². The van der Waals surface area contributed by atoms with E-state index in [1.165, 1.54) is 12.1 Å². The topological polar surface area (TPSA) is 120 Å². The van der Waals surface area contributed by atoms with Gasteiger partial charge < -0.3 is 15.0 Å². The van der Waals surface area contributed by atoms with Gasteiger partial charge in [-0.2, -0.15) is 4.98 Å². The van der Waals surface area contributed by atoms with Crippen molar-refractivity contribution in [1.29, 1.82) is 0 Å². The van der Waals surface area contributed by atoms with Crippen LogP contribution in [0.2, 0.25) is 0 Å². The number of ether oxygens (including phenoxy) is 1. The fourth-order valence-corrected chi connectivity index (χ4v) is 2.67. The van der Waals surface area contributed by atoms with Crippen LogP contribution >= 0.6 is 0 Å². The molecule has 0 bridgehead atoms. The minimum absolute atomic E-state index is 0.0251. The maximum Gasteiger partial charge on any atom is 0.244 e. The molecule has 9 heteroatoms. The molecule has 0 saturated heterocycles. The van der Waals surface area contributed by atoms with E-state index in [2.05, 4.69) is 19.4 Å². The third-order valence-corrected chi connectivity index (χ3v) is 3.81. The summed E-state index contributed by atoms with van der Waals surface area (Å²) in [5.74, 6) is 0.470. The molecule has 1 aromatic heterocycles. The van der Waals surface area contributed by atoms with Gasteiger partial charge in [0.05, 0.1) is 13.2 Å². The van der Waals surface area contributed by atoms with Gasteiger partial charge in [-0.3, -0.25) is 0 Å². The number of nitrogens with one attached hydrogen (secondary N) is 1. The Morgan fingerprint density at radius 3 is 2.90 bits per heavy atom. The second-order valence-corrected chi connectivity index (χ2v) is 5.55. The number of aromatic nitrogens is 2. The van der Waals surface area contributed by atoms with E-state index >= 15 is 0 Å². The molecule has 0 aliphatic heterocycles. The van der Waals surface area contributed by atoms with Crippen LogP contribution in [0.25, 0.3) is 0 Å². The summed E-state index contributed by atoms with van der Waals surface area (Å²) < 4.78 is 36.7. The van der Waals surface area contributed by atoms with Crippen LogP contribution in [-0.2, 0) is 16.6 Å². The summed E-state index contributed by atoms with van der Waals surface area (Å²) in [4.78, 5) is 3.70. The number of nitrogens with zero attached hydrogens (tertiary/aromatic N) is 2. The highest BCUT2D eigenvalue weighted by molar-refractivity contribution is 7.89. The van der Waals surface area contributed by atoms with Crippen molar-refractivity contribution in [2.24, 2.45) is 0 Å². The number of sulfonamides is 1. The summed E-state index contributed by atoms with van der Waals surface area (Å²) in [6.07, 6.45) is 1.12. The fourth-order valence-electron chi connectivity index (χ4n) is 1.52. The lowest BCUT2D eigenvalue weighted by Gasteiger charge is -2.11. The molecule has 8 nitrogen and oxygen atoms in total. The minimum atomic E-state index is -3.79. The average Bonchev–Trinajstić information content (AvgIpc) is 2.92. The normalized spacial score (nSPS) is 11.4. The summed E-state index contributed by atoms with van der Waals surface area (Å²) in [5, 5.41) is 3.52. The SMILES string of the molecule is CCOc1ccc(N)cc1S(=O)(=O)NCc1ncon1. The van der Waals surface area contributed by atoms with Gasteiger partial charge in [-0.05, 0) is 25.1 Å². The zero-order valence-corrected chi connectivity index (χ0v) is 11.6. The van der Waals surface area contributed by atoms with Gasteiger partial charge in [-0.1, -0.05) is 5.16 Å². The molecule has 20 heavy (non-hydrogen) atoms. The van der Waals surface area contributed by atoms with Crippen molar-refractivity contribution in [3.63, 3.8) is 0 Å². The Labute approximate surface area is 116 Å². The van der Waals surface area contributed by atoms with Crippen molar-refractivity contribution in [2.75, 3.05) is 12.3 Å². The van der Waals surface area contributed by atoms with Gasteiger partial charge >= 0.3 is 0 Å². The van der Waals surface area contributed by atoms with Crippen molar-refractivity contribution in [3.05, 3.63) is 30.4 Å². The zero-order valence-electron chi connectivity index (χ0n) is 10.7. The molecule has 0 radical (unpaired) electrons. The Balaban J connectivity index is 2.26. The van der Waals surface area contributed by atoms with E-state index in [-0.39, 0.29) is 23.0 Å². The molecule has 0 fully saturated rings.